The van der Waals surface area contributed by atoms with Crippen molar-refractivity contribution < 1.29 is 27.8 Å². The van der Waals surface area contributed by atoms with Crippen molar-refractivity contribution in [1.82, 2.24) is 5.32 Å². The predicted octanol–water partition coefficient (Wildman–Crippen LogP) is -1.44. The van der Waals surface area contributed by atoms with E-state index in [0.717, 1.165) is 0 Å². The van der Waals surface area contributed by atoms with Gasteiger partial charge in [0.25, 0.3) is 0 Å². The number of carbonyl (C=O) groups excluding carboxylic acids is 1. The SMILES string of the molecule is CCOC(=O)CS(=O)(=O)CC(O)CNCCOC. The van der Waals surface area contributed by atoms with Crippen molar-refractivity contribution in [2.75, 3.05) is 44.9 Å². The van der Waals surface area contributed by atoms with Crippen molar-refractivity contribution in [3.63, 3.8) is 0 Å². The summed E-state index contributed by atoms with van der Waals surface area (Å²) < 4.78 is 32.3. The van der Waals surface area contributed by atoms with Crippen LogP contribution >= 0.6 is 0 Å². The van der Waals surface area contributed by atoms with Crippen LogP contribution in [0, 0.1) is 0 Å². The molecule has 7 nitrogen and oxygen atoms in total. The minimum Gasteiger partial charge on any atom is -0.465 e. The minimum absolute atomic E-state index is 0.130. The molecule has 0 aliphatic rings. The maximum atomic E-state index is 11.5. The molecule has 0 rings (SSSR count). The molecule has 1 atom stereocenters. The molecule has 0 heterocycles. The van der Waals surface area contributed by atoms with Gasteiger partial charge in [-0.2, -0.15) is 0 Å². The Morgan fingerprint density at radius 1 is 1.44 bits per heavy atom. The van der Waals surface area contributed by atoms with Crippen LogP contribution < -0.4 is 5.32 Å². The van der Waals surface area contributed by atoms with Crippen LogP contribution in [0.2, 0.25) is 0 Å². The highest BCUT2D eigenvalue weighted by atomic mass is 32.2. The van der Waals surface area contributed by atoms with Crippen molar-refractivity contribution in [3.05, 3.63) is 0 Å². The Kier molecular flexibility index (Phi) is 8.90. The third-order valence-electron chi connectivity index (χ3n) is 1.95. The molecular formula is C10H21NO6S. The monoisotopic (exact) mass is 283 g/mol. The number of carbonyl (C=O) groups is 1. The molecule has 0 aromatic heterocycles. The molecule has 0 saturated heterocycles. The normalized spacial score (nSPS) is 13.3. The van der Waals surface area contributed by atoms with Gasteiger partial charge in [0.15, 0.2) is 9.84 Å². The Balaban J connectivity index is 3.96. The molecule has 0 bridgehead atoms. The molecule has 0 fully saturated rings. The Hall–Kier alpha value is -0.700. The molecule has 108 valence electrons. The highest BCUT2D eigenvalue weighted by molar-refractivity contribution is 7.92. The van der Waals surface area contributed by atoms with Gasteiger partial charge in [0.2, 0.25) is 0 Å². The van der Waals surface area contributed by atoms with Crippen molar-refractivity contribution in [2.24, 2.45) is 0 Å². The number of sulfone groups is 1. The van der Waals surface area contributed by atoms with E-state index in [1.165, 1.54) is 0 Å². The average molecular weight is 283 g/mol. The van der Waals surface area contributed by atoms with Gasteiger partial charge in [0, 0.05) is 20.2 Å². The highest BCUT2D eigenvalue weighted by Gasteiger charge is 2.21. The zero-order valence-corrected chi connectivity index (χ0v) is 11.5. The van der Waals surface area contributed by atoms with Crippen LogP contribution in [-0.4, -0.2) is 70.5 Å². The number of nitrogens with one attached hydrogen (secondary N) is 1. The fraction of sp³-hybridized carbons (Fsp3) is 0.900. The third-order valence-corrected chi connectivity index (χ3v) is 3.52. The number of esters is 1. The first-order valence-electron chi connectivity index (χ1n) is 5.65. The molecule has 2 N–H and O–H groups in total. The number of aliphatic hydroxyl groups is 1. The minimum atomic E-state index is -3.64. The molecule has 0 aliphatic heterocycles. The molecule has 0 spiro atoms. The summed E-state index contributed by atoms with van der Waals surface area (Å²) in [5.41, 5.74) is 0. The Bertz CT molecular complexity index is 329. The lowest BCUT2D eigenvalue weighted by Gasteiger charge is -2.11. The molecule has 0 amide bonds. The quantitative estimate of drug-likeness (QED) is 0.374. The molecule has 0 radical (unpaired) electrons. The van der Waals surface area contributed by atoms with Crippen molar-refractivity contribution in [3.8, 4) is 0 Å². The van der Waals surface area contributed by atoms with E-state index < -0.39 is 33.4 Å². The molecule has 0 aromatic rings. The number of rotatable bonds is 10. The van der Waals surface area contributed by atoms with Gasteiger partial charge >= 0.3 is 5.97 Å². The summed E-state index contributed by atoms with van der Waals surface area (Å²) in [7, 11) is -2.10. The van der Waals surface area contributed by atoms with E-state index in [1.807, 2.05) is 0 Å². The largest absolute Gasteiger partial charge is 0.465 e. The topological polar surface area (TPSA) is 102 Å². The van der Waals surface area contributed by atoms with Crippen molar-refractivity contribution >= 4 is 15.8 Å². The Morgan fingerprint density at radius 2 is 2.11 bits per heavy atom. The molecule has 8 heteroatoms. The fourth-order valence-electron chi connectivity index (χ4n) is 1.24. The van der Waals surface area contributed by atoms with Crippen LogP contribution in [0.5, 0.6) is 0 Å². The van der Waals surface area contributed by atoms with Gasteiger partial charge in [-0.05, 0) is 6.92 Å². The summed E-state index contributed by atoms with van der Waals surface area (Å²) in [4.78, 5) is 11.0. The standard InChI is InChI=1S/C10H21NO6S/c1-3-17-10(13)8-18(14,15)7-9(12)6-11-4-5-16-2/h9,11-12H,3-8H2,1-2H3. The first-order chi connectivity index (χ1) is 8.41. The van der Waals surface area contributed by atoms with Gasteiger partial charge in [0.05, 0.1) is 25.1 Å². The van der Waals surface area contributed by atoms with Crippen molar-refractivity contribution in [2.45, 2.75) is 13.0 Å². The molecule has 0 aliphatic carbocycles. The summed E-state index contributed by atoms with van der Waals surface area (Å²) in [6.07, 6.45) is -1.05. The predicted molar refractivity (Wildman–Crippen MR) is 66.0 cm³/mol. The third kappa shape index (κ3) is 9.34. The van der Waals surface area contributed by atoms with Crippen LogP contribution in [0.25, 0.3) is 0 Å². The fourth-order valence-corrected chi connectivity index (χ4v) is 2.50. The lowest BCUT2D eigenvalue weighted by Crippen LogP contribution is -2.35. The zero-order valence-electron chi connectivity index (χ0n) is 10.7. The van der Waals surface area contributed by atoms with E-state index in [1.54, 1.807) is 14.0 Å². The maximum absolute atomic E-state index is 11.5. The summed E-state index contributed by atoms with van der Waals surface area (Å²) in [6, 6.07) is 0. The molecule has 0 aromatic carbocycles. The van der Waals surface area contributed by atoms with Crippen molar-refractivity contribution in [1.29, 1.82) is 0 Å². The van der Waals surface area contributed by atoms with Gasteiger partial charge in [-0.15, -0.1) is 0 Å². The highest BCUT2D eigenvalue weighted by Crippen LogP contribution is 1.96. The second-order valence-electron chi connectivity index (χ2n) is 3.71. The van der Waals surface area contributed by atoms with Crippen LogP contribution in [-0.2, 0) is 24.1 Å². The molecular weight excluding hydrogens is 262 g/mol. The summed E-state index contributed by atoms with van der Waals surface area (Å²) in [5.74, 6) is -1.96. The maximum Gasteiger partial charge on any atom is 0.321 e. The lowest BCUT2D eigenvalue weighted by molar-refractivity contribution is -0.139. The van der Waals surface area contributed by atoms with E-state index in [2.05, 4.69) is 10.1 Å². The van der Waals surface area contributed by atoms with E-state index in [0.29, 0.717) is 13.2 Å². The van der Waals surface area contributed by atoms with E-state index in [-0.39, 0.29) is 13.2 Å². The number of hydrogen-bond donors (Lipinski definition) is 2. The number of hydrogen-bond acceptors (Lipinski definition) is 7. The van der Waals surface area contributed by atoms with E-state index in [4.69, 9.17) is 4.74 Å². The Morgan fingerprint density at radius 3 is 2.67 bits per heavy atom. The van der Waals surface area contributed by atoms with Crippen LogP contribution in [0.3, 0.4) is 0 Å². The summed E-state index contributed by atoms with van der Waals surface area (Å²) >= 11 is 0. The molecule has 18 heavy (non-hydrogen) atoms. The number of ether oxygens (including phenoxy) is 2. The second kappa shape index (κ2) is 9.26. The second-order valence-corrected chi connectivity index (χ2v) is 5.82. The first kappa shape index (κ1) is 17.3. The number of methoxy groups -OCH3 is 1. The van der Waals surface area contributed by atoms with Gasteiger partial charge in [0.1, 0.15) is 5.75 Å². The average Bonchev–Trinajstić information content (AvgIpc) is 2.23. The zero-order chi connectivity index (χ0) is 14.0. The van der Waals surface area contributed by atoms with Gasteiger partial charge in [-0.25, -0.2) is 8.42 Å². The van der Waals surface area contributed by atoms with Crippen LogP contribution in [0.4, 0.5) is 0 Å². The lowest BCUT2D eigenvalue weighted by atomic mass is 10.4. The Labute approximate surface area is 107 Å². The summed E-state index contributed by atoms with van der Waals surface area (Å²) in [6.45, 7) is 2.85. The molecule has 0 saturated carbocycles. The van der Waals surface area contributed by atoms with Gasteiger partial charge in [-0.1, -0.05) is 0 Å². The molecule has 1 unspecified atom stereocenters. The van der Waals surface area contributed by atoms with Gasteiger partial charge in [-0.3, -0.25) is 4.79 Å². The number of aliphatic hydroxyl groups excluding tert-OH is 1. The first-order valence-corrected chi connectivity index (χ1v) is 7.47. The van der Waals surface area contributed by atoms with E-state index >= 15 is 0 Å². The van der Waals surface area contributed by atoms with Crippen LogP contribution in [0.1, 0.15) is 6.92 Å². The summed E-state index contributed by atoms with van der Waals surface area (Å²) in [5, 5.41) is 12.3. The van der Waals surface area contributed by atoms with Gasteiger partial charge < -0.3 is 19.9 Å². The van der Waals surface area contributed by atoms with Crippen LogP contribution in [0.15, 0.2) is 0 Å². The van der Waals surface area contributed by atoms with E-state index in [9.17, 15) is 18.3 Å². The smallest absolute Gasteiger partial charge is 0.321 e.